The highest BCUT2D eigenvalue weighted by Gasteiger charge is 2.07. The molecule has 0 atom stereocenters. The molecule has 6 nitrogen and oxygen atoms in total. The van der Waals surface area contributed by atoms with Gasteiger partial charge in [-0.25, -0.2) is 4.98 Å². The fourth-order valence-corrected chi connectivity index (χ4v) is 2.01. The van der Waals surface area contributed by atoms with Crippen LogP contribution in [0.3, 0.4) is 0 Å². The summed E-state index contributed by atoms with van der Waals surface area (Å²) in [5, 5.41) is 6.33. The lowest BCUT2D eigenvalue weighted by molar-refractivity contribution is 0.152. The second kappa shape index (κ2) is 8.95. The first-order valence-electron chi connectivity index (χ1n) is 7.77. The van der Waals surface area contributed by atoms with Gasteiger partial charge in [0.2, 0.25) is 5.89 Å². The van der Waals surface area contributed by atoms with Gasteiger partial charge in [-0.2, -0.15) is 0 Å². The number of guanidine groups is 1. The lowest BCUT2D eigenvalue weighted by atomic mass is 10.1. The molecule has 0 spiro atoms. The van der Waals surface area contributed by atoms with Crippen molar-refractivity contribution in [2.24, 2.45) is 4.99 Å². The molecule has 1 aromatic heterocycles. The van der Waals surface area contributed by atoms with Crippen molar-refractivity contribution in [1.82, 2.24) is 15.6 Å². The Bertz CT molecular complexity index is 620. The monoisotopic (exact) mass is 316 g/mol. The molecular formula is C17H24N4O2. The molecule has 124 valence electrons. The summed E-state index contributed by atoms with van der Waals surface area (Å²) in [6.07, 6.45) is 1.74. The second-order valence-electron chi connectivity index (χ2n) is 5.03. The molecule has 2 rings (SSSR count). The Morgan fingerprint density at radius 1 is 1.26 bits per heavy atom. The molecule has 0 fully saturated rings. The van der Waals surface area contributed by atoms with Gasteiger partial charge in [-0.3, -0.25) is 4.99 Å². The summed E-state index contributed by atoms with van der Waals surface area (Å²) in [5.41, 5.74) is 2.24. The number of nitrogens with one attached hydrogen (secondary N) is 2. The van der Waals surface area contributed by atoms with Gasteiger partial charge < -0.3 is 19.8 Å². The number of aliphatic imine (C=N–C) groups is 1. The lowest BCUT2D eigenvalue weighted by Crippen LogP contribution is -2.38. The van der Waals surface area contributed by atoms with Gasteiger partial charge >= 0.3 is 0 Å². The van der Waals surface area contributed by atoms with Gasteiger partial charge in [-0.15, -0.1) is 0 Å². The average molecular weight is 316 g/mol. The number of hydrogen-bond acceptors (Lipinski definition) is 4. The van der Waals surface area contributed by atoms with Gasteiger partial charge in [-0.1, -0.05) is 29.8 Å². The van der Waals surface area contributed by atoms with Crippen molar-refractivity contribution >= 4 is 5.96 Å². The van der Waals surface area contributed by atoms with Gasteiger partial charge in [0, 0.05) is 25.8 Å². The first-order chi connectivity index (χ1) is 11.2. The van der Waals surface area contributed by atoms with Crippen LogP contribution in [-0.2, 0) is 11.3 Å². The van der Waals surface area contributed by atoms with E-state index in [2.05, 4.69) is 39.7 Å². The van der Waals surface area contributed by atoms with Crippen molar-refractivity contribution in [3.63, 3.8) is 0 Å². The topological polar surface area (TPSA) is 71.7 Å². The molecule has 1 heterocycles. The van der Waals surface area contributed by atoms with E-state index in [0.29, 0.717) is 38.2 Å². The Balaban J connectivity index is 1.85. The number of aryl methyl sites for hydroxylation is 1. The standard InChI is InChI=1S/C17H24N4O2/c1-4-22-10-9-19-17(18-3)21-12-16-20-11-15(23-16)14-7-5-13(2)6-8-14/h5-8,11H,4,9-10,12H2,1-3H3,(H2,18,19,21). The smallest absolute Gasteiger partial charge is 0.214 e. The van der Waals surface area contributed by atoms with Crippen molar-refractivity contribution in [2.45, 2.75) is 20.4 Å². The third-order valence-corrected chi connectivity index (χ3v) is 3.26. The third-order valence-electron chi connectivity index (χ3n) is 3.26. The van der Waals surface area contributed by atoms with Crippen LogP contribution in [0.4, 0.5) is 0 Å². The minimum absolute atomic E-state index is 0.472. The summed E-state index contributed by atoms with van der Waals surface area (Å²) >= 11 is 0. The van der Waals surface area contributed by atoms with Crippen molar-refractivity contribution in [2.75, 3.05) is 26.8 Å². The molecule has 0 radical (unpaired) electrons. The van der Waals surface area contributed by atoms with E-state index in [0.717, 1.165) is 11.3 Å². The van der Waals surface area contributed by atoms with Crippen molar-refractivity contribution in [3.8, 4) is 11.3 Å². The molecule has 0 unspecified atom stereocenters. The van der Waals surface area contributed by atoms with Crippen LogP contribution in [0.2, 0.25) is 0 Å². The highest BCUT2D eigenvalue weighted by Crippen LogP contribution is 2.20. The van der Waals surface area contributed by atoms with Crippen LogP contribution in [0.5, 0.6) is 0 Å². The van der Waals surface area contributed by atoms with Gasteiger partial charge in [-0.05, 0) is 13.8 Å². The summed E-state index contributed by atoms with van der Waals surface area (Å²) in [6.45, 7) is 6.57. The maximum Gasteiger partial charge on any atom is 0.214 e. The molecule has 2 N–H and O–H groups in total. The van der Waals surface area contributed by atoms with Crippen LogP contribution in [0, 0.1) is 6.92 Å². The zero-order chi connectivity index (χ0) is 16.5. The van der Waals surface area contributed by atoms with E-state index in [9.17, 15) is 0 Å². The van der Waals surface area contributed by atoms with Gasteiger partial charge in [0.1, 0.15) is 0 Å². The molecule has 23 heavy (non-hydrogen) atoms. The van der Waals surface area contributed by atoms with Crippen LogP contribution >= 0.6 is 0 Å². The van der Waals surface area contributed by atoms with Gasteiger partial charge in [0.25, 0.3) is 0 Å². The van der Waals surface area contributed by atoms with E-state index >= 15 is 0 Å². The Morgan fingerprint density at radius 3 is 2.74 bits per heavy atom. The predicted octanol–water partition coefficient (Wildman–Crippen LogP) is 2.35. The minimum atomic E-state index is 0.472. The molecule has 1 aromatic carbocycles. The van der Waals surface area contributed by atoms with Crippen LogP contribution in [0.15, 0.2) is 39.9 Å². The maximum absolute atomic E-state index is 5.77. The Hall–Kier alpha value is -2.34. The first-order valence-corrected chi connectivity index (χ1v) is 7.77. The number of rotatable bonds is 7. The molecule has 0 saturated carbocycles. The number of nitrogens with zero attached hydrogens (tertiary/aromatic N) is 2. The fourth-order valence-electron chi connectivity index (χ4n) is 2.01. The summed E-state index contributed by atoms with van der Waals surface area (Å²) in [6, 6.07) is 8.17. The summed E-state index contributed by atoms with van der Waals surface area (Å²) in [7, 11) is 1.73. The fraction of sp³-hybridized carbons (Fsp3) is 0.412. The summed E-state index contributed by atoms with van der Waals surface area (Å²) in [5.74, 6) is 2.08. The zero-order valence-corrected chi connectivity index (χ0v) is 13.9. The van der Waals surface area contributed by atoms with E-state index in [1.54, 1.807) is 13.2 Å². The maximum atomic E-state index is 5.77. The van der Waals surface area contributed by atoms with Crippen LogP contribution in [0.25, 0.3) is 11.3 Å². The highest BCUT2D eigenvalue weighted by atomic mass is 16.5. The molecule has 0 aliphatic rings. The first kappa shape index (κ1) is 17.0. The molecule has 0 bridgehead atoms. The molecule has 0 amide bonds. The van der Waals surface area contributed by atoms with Crippen molar-refractivity contribution < 1.29 is 9.15 Å². The van der Waals surface area contributed by atoms with Crippen LogP contribution in [-0.4, -0.2) is 37.7 Å². The molecule has 6 heteroatoms. The minimum Gasteiger partial charge on any atom is -0.439 e. The summed E-state index contributed by atoms with van der Waals surface area (Å²) < 4.78 is 11.0. The molecule has 0 saturated heterocycles. The van der Waals surface area contributed by atoms with Crippen molar-refractivity contribution in [1.29, 1.82) is 0 Å². The number of benzene rings is 1. The van der Waals surface area contributed by atoms with Crippen molar-refractivity contribution in [3.05, 3.63) is 41.9 Å². The average Bonchev–Trinajstić information content (AvgIpc) is 3.04. The van der Waals surface area contributed by atoms with E-state index in [4.69, 9.17) is 9.15 Å². The van der Waals surface area contributed by atoms with Crippen LogP contribution < -0.4 is 10.6 Å². The molecule has 0 aliphatic carbocycles. The Labute approximate surface area is 137 Å². The quantitative estimate of drug-likeness (QED) is 0.466. The van der Waals surface area contributed by atoms with Gasteiger partial charge in [0.05, 0.1) is 19.3 Å². The lowest BCUT2D eigenvalue weighted by Gasteiger charge is -2.10. The highest BCUT2D eigenvalue weighted by molar-refractivity contribution is 5.79. The van der Waals surface area contributed by atoms with E-state index < -0.39 is 0 Å². The van der Waals surface area contributed by atoms with Crippen LogP contribution in [0.1, 0.15) is 18.4 Å². The van der Waals surface area contributed by atoms with E-state index in [1.165, 1.54) is 5.56 Å². The third kappa shape index (κ3) is 5.41. The summed E-state index contributed by atoms with van der Waals surface area (Å²) in [4.78, 5) is 8.44. The molecule has 0 aliphatic heterocycles. The number of ether oxygens (including phenoxy) is 1. The van der Waals surface area contributed by atoms with E-state index in [1.807, 2.05) is 19.1 Å². The molecule has 2 aromatic rings. The number of aromatic nitrogens is 1. The number of hydrogen-bond donors (Lipinski definition) is 2. The second-order valence-corrected chi connectivity index (χ2v) is 5.03. The normalized spacial score (nSPS) is 11.5. The zero-order valence-electron chi connectivity index (χ0n) is 13.9. The number of oxazole rings is 1. The van der Waals surface area contributed by atoms with Gasteiger partial charge in [0.15, 0.2) is 11.7 Å². The largest absolute Gasteiger partial charge is 0.439 e. The Kier molecular flexibility index (Phi) is 6.62. The molecular weight excluding hydrogens is 292 g/mol. The Morgan fingerprint density at radius 2 is 2.04 bits per heavy atom. The van der Waals surface area contributed by atoms with E-state index in [-0.39, 0.29) is 0 Å². The predicted molar refractivity (Wildman–Crippen MR) is 91.4 cm³/mol. The SMILES string of the molecule is CCOCCNC(=NC)NCc1ncc(-c2ccc(C)cc2)o1.